The molecule has 1 heterocycles. The second-order valence-corrected chi connectivity index (χ2v) is 18.3. The van der Waals surface area contributed by atoms with E-state index < -0.39 is 26.4 Å². The van der Waals surface area contributed by atoms with Crippen molar-refractivity contribution in [2.75, 3.05) is 52.5 Å². The fourth-order valence-corrected chi connectivity index (χ4v) is 6.68. The van der Waals surface area contributed by atoms with Crippen molar-refractivity contribution in [3.8, 4) is 11.1 Å². The largest absolute Gasteiger partial charge is 0.480 e. The van der Waals surface area contributed by atoms with E-state index in [-0.39, 0.29) is 30.0 Å². The summed E-state index contributed by atoms with van der Waals surface area (Å²) in [6.07, 6.45) is 0.629. The molecule has 1 aliphatic carbocycles. The van der Waals surface area contributed by atoms with Crippen LogP contribution in [0.15, 0.2) is 48.5 Å². The highest BCUT2D eigenvalue weighted by molar-refractivity contribution is 6.74. The highest BCUT2D eigenvalue weighted by atomic mass is 28.4. The number of nitrogens with one attached hydrogen (secondary N) is 2. The molecule has 0 spiro atoms. The second-order valence-electron chi connectivity index (χ2n) is 13.5. The molecule has 4 rings (SSSR count). The number of carboxylic acids is 1. The van der Waals surface area contributed by atoms with E-state index in [0.29, 0.717) is 32.5 Å². The van der Waals surface area contributed by atoms with Crippen molar-refractivity contribution in [2.45, 2.75) is 70.1 Å². The summed E-state index contributed by atoms with van der Waals surface area (Å²) >= 11 is 0. The molecule has 0 bridgehead atoms. The van der Waals surface area contributed by atoms with Crippen LogP contribution >= 0.6 is 0 Å². The summed E-state index contributed by atoms with van der Waals surface area (Å²) in [6.45, 7) is 16.4. The summed E-state index contributed by atoms with van der Waals surface area (Å²) in [6, 6.07) is 14.9. The number of urea groups is 1. The Morgan fingerprint density at radius 1 is 0.956 bits per heavy atom. The number of benzene rings is 2. The highest BCUT2D eigenvalue weighted by Gasteiger charge is 2.37. The lowest BCUT2D eigenvalue weighted by Gasteiger charge is -2.38. The van der Waals surface area contributed by atoms with Gasteiger partial charge in [0.2, 0.25) is 0 Å². The van der Waals surface area contributed by atoms with Crippen molar-refractivity contribution in [1.82, 2.24) is 20.4 Å². The van der Waals surface area contributed by atoms with Gasteiger partial charge in [-0.25, -0.2) is 14.4 Å². The minimum atomic E-state index is -1.76. The summed E-state index contributed by atoms with van der Waals surface area (Å²) in [4.78, 5) is 41.2. The molecule has 10 nitrogen and oxygen atoms in total. The molecule has 1 saturated heterocycles. The Bertz CT molecular complexity index is 1280. The molecule has 2 aliphatic rings. The number of hydrogen-bond acceptors (Lipinski definition) is 6. The number of ether oxygens (including phenoxy) is 1. The van der Waals surface area contributed by atoms with Gasteiger partial charge in [0.05, 0.1) is 0 Å². The number of fused-ring (bicyclic) bond motifs is 3. The molecular formula is C34H50N4O6Si. The maximum atomic E-state index is 12.7. The average molecular weight is 639 g/mol. The maximum absolute atomic E-state index is 12.7. The summed E-state index contributed by atoms with van der Waals surface area (Å²) in [7, 11) is -1.76. The quantitative estimate of drug-likeness (QED) is 0.196. The molecular weight excluding hydrogens is 588 g/mol. The SMILES string of the molecule is CC(C)(C)[Si](C)(C)OCCN1CCN(C(=O)NCCCC[C@@H](NC(=O)OCC2c3ccccc3-c3ccccc32)C(=O)O)CC1. The number of carbonyl (C=O) groups excluding carboxylic acids is 2. The van der Waals surface area contributed by atoms with Crippen LogP contribution in [-0.4, -0.2) is 99.8 Å². The third-order valence-electron chi connectivity index (χ3n) is 9.47. The van der Waals surface area contributed by atoms with Crippen LogP contribution in [0.1, 0.15) is 57.1 Å². The molecule has 3 amide bonds. The molecule has 0 aromatic heterocycles. The van der Waals surface area contributed by atoms with Gasteiger partial charge in [0, 0.05) is 51.8 Å². The van der Waals surface area contributed by atoms with Gasteiger partial charge in [0.25, 0.3) is 0 Å². The first-order valence-corrected chi connectivity index (χ1v) is 19.0. The Kier molecular flexibility index (Phi) is 11.7. The third kappa shape index (κ3) is 9.08. The molecule has 0 unspecified atom stereocenters. The number of amides is 3. The zero-order chi connectivity index (χ0) is 32.6. The lowest BCUT2D eigenvalue weighted by Crippen LogP contribution is -2.52. The van der Waals surface area contributed by atoms with Gasteiger partial charge in [-0.15, -0.1) is 0 Å². The van der Waals surface area contributed by atoms with Gasteiger partial charge in [-0.05, 0) is 59.6 Å². The summed E-state index contributed by atoms with van der Waals surface area (Å²) < 4.78 is 11.8. The molecule has 0 saturated carbocycles. The van der Waals surface area contributed by atoms with Gasteiger partial charge in [0.15, 0.2) is 8.32 Å². The van der Waals surface area contributed by atoms with Crippen LogP contribution in [0.25, 0.3) is 11.1 Å². The van der Waals surface area contributed by atoms with Crippen LogP contribution in [0.3, 0.4) is 0 Å². The van der Waals surface area contributed by atoms with Gasteiger partial charge in [-0.1, -0.05) is 69.3 Å². The van der Waals surface area contributed by atoms with E-state index >= 15 is 0 Å². The number of piperazine rings is 1. The monoisotopic (exact) mass is 638 g/mol. The Labute approximate surface area is 268 Å². The Morgan fingerprint density at radius 3 is 2.13 bits per heavy atom. The molecule has 2 aromatic rings. The van der Waals surface area contributed by atoms with Crippen molar-refractivity contribution in [1.29, 1.82) is 0 Å². The predicted molar refractivity (Wildman–Crippen MR) is 178 cm³/mol. The zero-order valence-electron chi connectivity index (χ0n) is 27.4. The maximum Gasteiger partial charge on any atom is 0.407 e. The van der Waals surface area contributed by atoms with Crippen molar-refractivity contribution >= 4 is 26.4 Å². The Morgan fingerprint density at radius 2 is 1.56 bits per heavy atom. The lowest BCUT2D eigenvalue weighted by molar-refractivity contribution is -0.139. The van der Waals surface area contributed by atoms with Crippen molar-refractivity contribution < 1.29 is 28.7 Å². The number of hydrogen-bond donors (Lipinski definition) is 3. The van der Waals surface area contributed by atoms with Gasteiger partial charge in [0.1, 0.15) is 12.6 Å². The smallest absolute Gasteiger partial charge is 0.407 e. The molecule has 0 radical (unpaired) electrons. The van der Waals surface area contributed by atoms with Gasteiger partial charge in [-0.2, -0.15) is 0 Å². The summed E-state index contributed by atoms with van der Waals surface area (Å²) in [5, 5.41) is 15.3. The van der Waals surface area contributed by atoms with E-state index in [1.54, 1.807) is 0 Å². The fourth-order valence-electron chi connectivity index (χ4n) is 5.64. The summed E-state index contributed by atoms with van der Waals surface area (Å²) in [5.41, 5.74) is 4.44. The van der Waals surface area contributed by atoms with Gasteiger partial charge < -0.3 is 29.8 Å². The predicted octanol–water partition coefficient (Wildman–Crippen LogP) is 5.50. The van der Waals surface area contributed by atoms with E-state index in [1.807, 2.05) is 41.3 Å². The van der Waals surface area contributed by atoms with E-state index in [2.05, 4.69) is 61.5 Å². The fraction of sp³-hybridized carbons (Fsp3) is 0.559. The Hall–Kier alpha value is -3.41. The minimum Gasteiger partial charge on any atom is -0.480 e. The van der Waals surface area contributed by atoms with Gasteiger partial charge in [-0.3, -0.25) is 4.90 Å². The van der Waals surface area contributed by atoms with Crippen LogP contribution in [0.2, 0.25) is 18.1 Å². The normalized spacial score (nSPS) is 16.1. The molecule has 246 valence electrons. The Balaban J connectivity index is 1.11. The van der Waals surface area contributed by atoms with E-state index in [0.717, 1.165) is 48.5 Å². The van der Waals surface area contributed by atoms with Crippen LogP contribution in [-0.2, 0) is 14.0 Å². The van der Waals surface area contributed by atoms with E-state index in [4.69, 9.17) is 9.16 Å². The number of aliphatic carboxylic acids is 1. The van der Waals surface area contributed by atoms with Crippen molar-refractivity contribution in [3.05, 3.63) is 59.7 Å². The van der Waals surface area contributed by atoms with E-state index in [9.17, 15) is 19.5 Å². The number of nitrogens with zero attached hydrogens (tertiary/aromatic N) is 2. The minimum absolute atomic E-state index is 0.0978. The molecule has 45 heavy (non-hydrogen) atoms. The third-order valence-corrected chi connectivity index (χ3v) is 14.0. The number of carboxylic acid groups (broad SMARTS) is 1. The van der Waals surface area contributed by atoms with Crippen LogP contribution in [0.4, 0.5) is 9.59 Å². The topological polar surface area (TPSA) is 120 Å². The van der Waals surface area contributed by atoms with Gasteiger partial charge >= 0.3 is 18.1 Å². The molecule has 11 heteroatoms. The number of rotatable bonds is 13. The number of alkyl carbamates (subject to hydrolysis) is 1. The second kappa shape index (κ2) is 15.2. The lowest BCUT2D eigenvalue weighted by atomic mass is 9.98. The van der Waals surface area contributed by atoms with Crippen molar-refractivity contribution in [2.24, 2.45) is 0 Å². The zero-order valence-corrected chi connectivity index (χ0v) is 28.4. The molecule has 1 fully saturated rings. The van der Waals surface area contributed by atoms with Crippen LogP contribution < -0.4 is 10.6 Å². The first kappa shape index (κ1) is 34.5. The molecule has 1 aliphatic heterocycles. The summed E-state index contributed by atoms with van der Waals surface area (Å²) in [5.74, 6) is -1.21. The van der Waals surface area contributed by atoms with Crippen molar-refractivity contribution in [3.63, 3.8) is 0 Å². The highest BCUT2D eigenvalue weighted by Crippen LogP contribution is 2.44. The van der Waals surface area contributed by atoms with E-state index in [1.165, 1.54) is 0 Å². The molecule has 3 N–H and O–H groups in total. The number of unbranched alkanes of at least 4 members (excludes halogenated alkanes) is 1. The standard InChI is InChI=1S/C34H50N4O6Si/c1-34(2,3)45(4,5)44-23-22-37-18-20-38(21-19-37)32(41)35-17-11-10-16-30(31(39)40)36-33(42)43-24-29-27-14-8-6-12-25(27)26-13-7-9-15-28(26)29/h6-9,12-15,29-30H,10-11,16-24H2,1-5H3,(H,35,41)(H,36,42)(H,39,40)/t30-/m1/s1. The first-order chi connectivity index (χ1) is 21.4. The average Bonchev–Trinajstić information content (AvgIpc) is 3.32. The number of carbonyl (C=O) groups is 3. The van der Waals surface area contributed by atoms with Crippen LogP contribution in [0.5, 0.6) is 0 Å². The molecule has 1 atom stereocenters. The first-order valence-electron chi connectivity index (χ1n) is 16.1. The molecule has 2 aromatic carbocycles. The van der Waals surface area contributed by atoms with Crippen LogP contribution in [0, 0.1) is 0 Å².